The predicted octanol–water partition coefficient (Wildman–Crippen LogP) is 3.86. The van der Waals surface area contributed by atoms with E-state index in [1.165, 1.54) is 17.0 Å². The van der Waals surface area contributed by atoms with Gasteiger partial charge in [0.1, 0.15) is 11.8 Å². The maximum absolute atomic E-state index is 12.8. The van der Waals surface area contributed by atoms with Gasteiger partial charge in [-0.1, -0.05) is 23.2 Å². The molecular weight excluding hydrogens is 347 g/mol. The zero-order valence-electron chi connectivity index (χ0n) is 12.2. The largest absolute Gasteiger partial charge is 0.396 e. The number of ketones is 1. The van der Waals surface area contributed by atoms with Crippen molar-refractivity contribution in [2.24, 2.45) is 0 Å². The number of pyridine rings is 1. The fraction of sp³-hybridized carbons (Fsp3) is 0. The Morgan fingerprint density at radius 3 is 2.71 bits per heavy atom. The number of nitrogens with two attached hydrogens (primary N) is 1. The summed E-state index contributed by atoms with van der Waals surface area (Å²) in [4.78, 5) is 16.8. The number of carbonyl (C=O) groups excluding carboxylic acids is 1. The summed E-state index contributed by atoms with van der Waals surface area (Å²) in [6, 6.07) is 10.1. The lowest BCUT2D eigenvalue weighted by molar-refractivity contribution is 0.103. The molecule has 7 heteroatoms. The molecule has 0 aliphatic rings. The highest BCUT2D eigenvalue weighted by Crippen LogP contribution is 2.31. The van der Waals surface area contributed by atoms with Crippen molar-refractivity contribution in [1.29, 1.82) is 5.26 Å². The van der Waals surface area contributed by atoms with Crippen LogP contribution in [0.15, 0.2) is 48.9 Å². The molecular formula is C17H10Cl2N4O. The van der Waals surface area contributed by atoms with E-state index in [9.17, 15) is 10.1 Å². The molecule has 0 amide bonds. The van der Waals surface area contributed by atoms with Crippen LogP contribution in [0.4, 0.5) is 5.69 Å². The Morgan fingerprint density at radius 1 is 1.29 bits per heavy atom. The summed E-state index contributed by atoms with van der Waals surface area (Å²) in [6.45, 7) is 0. The average Bonchev–Trinajstić information content (AvgIpc) is 2.91. The molecule has 0 bridgehead atoms. The first kappa shape index (κ1) is 16.1. The van der Waals surface area contributed by atoms with Gasteiger partial charge in [-0.15, -0.1) is 0 Å². The fourth-order valence-electron chi connectivity index (χ4n) is 2.34. The number of aromatic nitrogens is 2. The third-order valence-corrected chi connectivity index (χ3v) is 4.01. The molecule has 0 saturated heterocycles. The smallest absolute Gasteiger partial charge is 0.213 e. The van der Waals surface area contributed by atoms with Crippen molar-refractivity contribution < 1.29 is 4.79 Å². The van der Waals surface area contributed by atoms with Gasteiger partial charge < -0.3 is 10.3 Å². The molecule has 24 heavy (non-hydrogen) atoms. The molecule has 0 unspecified atom stereocenters. The van der Waals surface area contributed by atoms with Crippen molar-refractivity contribution >= 4 is 34.7 Å². The van der Waals surface area contributed by atoms with Gasteiger partial charge in [-0.2, -0.15) is 5.26 Å². The zero-order chi connectivity index (χ0) is 17.3. The standard InChI is InChI=1S/C17H10Cl2N4O/c18-12-3-4-14(13(19)6-12)23-9-11(7-20)15(21)16(23)17(24)10-2-1-5-22-8-10/h1-6,8-9H,21H2. The minimum absolute atomic E-state index is 0.0948. The van der Waals surface area contributed by atoms with E-state index in [0.717, 1.165) is 0 Å². The van der Waals surface area contributed by atoms with Crippen molar-refractivity contribution in [2.45, 2.75) is 0 Å². The number of anilines is 1. The zero-order valence-corrected chi connectivity index (χ0v) is 13.7. The lowest BCUT2D eigenvalue weighted by atomic mass is 10.1. The Bertz CT molecular complexity index is 974. The number of halogens is 2. The number of hydrogen-bond donors (Lipinski definition) is 1. The number of nitrogens with zero attached hydrogens (tertiary/aromatic N) is 3. The second kappa shape index (κ2) is 6.36. The summed E-state index contributed by atoms with van der Waals surface area (Å²) in [7, 11) is 0. The molecule has 0 atom stereocenters. The van der Waals surface area contributed by atoms with Crippen LogP contribution >= 0.6 is 23.2 Å². The minimum Gasteiger partial charge on any atom is -0.396 e. The van der Waals surface area contributed by atoms with Crippen molar-refractivity contribution in [1.82, 2.24) is 9.55 Å². The van der Waals surface area contributed by atoms with Crippen molar-refractivity contribution in [3.8, 4) is 11.8 Å². The van der Waals surface area contributed by atoms with Gasteiger partial charge in [0.05, 0.1) is 22.0 Å². The second-order valence-electron chi connectivity index (χ2n) is 4.95. The minimum atomic E-state index is -0.354. The summed E-state index contributed by atoms with van der Waals surface area (Å²) in [5.41, 5.74) is 7.32. The molecule has 0 spiro atoms. The first-order valence-corrected chi connectivity index (χ1v) is 7.59. The van der Waals surface area contributed by atoms with E-state index < -0.39 is 0 Å². The van der Waals surface area contributed by atoms with Gasteiger partial charge in [0.2, 0.25) is 5.78 Å². The maximum atomic E-state index is 12.8. The Kier molecular flexibility index (Phi) is 4.26. The van der Waals surface area contributed by atoms with Gasteiger partial charge in [0.25, 0.3) is 0 Å². The van der Waals surface area contributed by atoms with E-state index in [-0.39, 0.29) is 22.7 Å². The van der Waals surface area contributed by atoms with Gasteiger partial charge in [-0.3, -0.25) is 9.78 Å². The van der Waals surface area contributed by atoms with E-state index in [1.54, 1.807) is 36.5 Å². The Labute approximate surface area is 147 Å². The highest BCUT2D eigenvalue weighted by Gasteiger charge is 2.23. The van der Waals surface area contributed by atoms with Crippen LogP contribution in [-0.4, -0.2) is 15.3 Å². The average molecular weight is 357 g/mol. The van der Waals surface area contributed by atoms with Gasteiger partial charge in [-0.25, -0.2) is 0 Å². The molecule has 0 radical (unpaired) electrons. The molecule has 3 rings (SSSR count). The number of benzene rings is 1. The number of carbonyl (C=O) groups is 1. The van der Waals surface area contributed by atoms with Crippen LogP contribution in [0.1, 0.15) is 21.6 Å². The predicted molar refractivity (Wildman–Crippen MR) is 92.6 cm³/mol. The molecule has 118 valence electrons. The summed E-state index contributed by atoms with van der Waals surface area (Å²) in [5.74, 6) is -0.354. The normalized spacial score (nSPS) is 10.4. The van der Waals surface area contributed by atoms with E-state index in [1.807, 2.05) is 6.07 Å². The Balaban J connectivity index is 2.24. The lowest BCUT2D eigenvalue weighted by Crippen LogP contribution is -2.11. The monoisotopic (exact) mass is 356 g/mol. The summed E-state index contributed by atoms with van der Waals surface area (Å²) >= 11 is 12.2. The second-order valence-corrected chi connectivity index (χ2v) is 5.80. The lowest BCUT2D eigenvalue weighted by Gasteiger charge is -2.11. The molecule has 2 N–H and O–H groups in total. The van der Waals surface area contributed by atoms with E-state index >= 15 is 0 Å². The van der Waals surface area contributed by atoms with E-state index in [4.69, 9.17) is 28.9 Å². The van der Waals surface area contributed by atoms with Crippen LogP contribution in [0.5, 0.6) is 0 Å². The van der Waals surface area contributed by atoms with Gasteiger partial charge in [0.15, 0.2) is 0 Å². The van der Waals surface area contributed by atoms with Gasteiger partial charge in [-0.05, 0) is 30.3 Å². The molecule has 5 nitrogen and oxygen atoms in total. The molecule has 1 aromatic carbocycles. The number of rotatable bonds is 3. The van der Waals surface area contributed by atoms with Crippen LogP contribution in [-0.2, 0) is 0 Å². The Hall–Kier alpha value is -2.81. The number of nitrogen functional groups attached to an aromatic ring is 1. The van der Waals surface area contributed by atoms with Crippen LogP contribution in [0.2, 0.25) is 10.0 Å². The van der Waals surface area contributed by atoms with Gasteiger partial charge >= 0.3 is 0 Å². The third-order valence-electron chi connectivity index (χ3n) is 3.47. The summed E-state index contributed by atoms with van der Waals surface area (Å²) in [5, 5.41) is 10.0. The van der Waals surface area contributed by atoms with Crippen LogP contribution in [0, 0.1) is 11.3 Å². The molecule has 0 fully saturated rings. The van der Waals surface area contributed by atoms with Crippen LogP contribution < -0.4 is 5.73 Å². The molecule has 0 aliphatic heterocycles. The topological polar surface area (TPSA) is 84.7 Å². The van der Waals surface area contributed by atoms with E-state index in [0.29, 0.717) is 21.3 Å². The third kappa shape index (κ3) is 2.73. The first-order chi connectivity index (χ1) is 11.5. The van der Waals surface area contributed by atoms with Gasteiger partial charge in [0, 0.05) is 29.2 Å². The summed E-state index contributed by atoms with van der Waals surface area (Å²) in [6.07, 6.45) is 4.48. The maximum Gasteiger partial charge on any atom is 0.213 e. The Morgan fingerprint density at radius 2 is 2.08 bits per heavy atom. The fourth-order valence-corrected chi connectivity index (χ4v) is 2.84. The molecule has 0 saturated carbocycles. The van der Waals surface area contributed by atoms with E-state index in [2.05, 4.69) is 4.98 Å². The van der Waals surface area contributed by atoms with Crippen LogP contribution in [0.25, 0.3) is 5.69 Å². The first-order valence-electron chi connectivity index (χ1n) is 6.84. The quantitative estimate of drug-likeness (QED) is 0.722. The highest BCUT2D eigenvalue weighted by atomic mass is 35.5. The van der Waals surface area contributed by atoms with Crippen molar-refractivity contribution in [3.63, 3.8) is 0 Å². The SMILES string of the molecule is N#Cc1cn(-c2ccc(Cl)cc2Cl)c(C(=O)c2cccnc2)c1N. The van der Waals surface area contributed by atoms with Crippen LogP contribution in [0.3, 0.4) is 0 Å². The number of hydrogen-bond acceptors (Lipinski definition) is 4. The molecule has 2 heterocycles. The number of nitriles is 1. The summed E-state index contributed by atoms with van der Waals surface area (Å²) < 4.78 is 1.50. The molecule has 0 aliphatic carbocycles. The van der Waals surface area contributed by atoms with Crippen molar-refractivity contribution in [2.75, 3.05) is 5.73 Å². The molecule has 3 aromatic rings. The highest BCUT2D eigenvalue weighted by molar-refractivity contribution is 6.35. The van der Waals surface area contributed by atoms with Crippen molar-refractivity contribution in [3.05, 3.63) is 75.8 Å². The molecule has 2 aromatic heterocycles.